The van der Waals surface area contributed by atoms with Crippen LogP contribution in [0.25, 0.3) is 0 Å². The largest absolute Gasteiger partial charge is 0.457 e. The monoisotopic (exact) mass is 484 g/mol. The number of rotatable bonds is 4. The molecule has 1 unspecified atom stereocenters. The van der Waals surface area contributed by atoms with Gasteiger partial charge in [0.05, 0.1) is 17.7 Å². The van der Waals surface area contributed by atoms with Gasteiger partial charge in [-0.05, 0) is 62.5 Å². The van der Waals surface area contributed by atoms with Crippen molar-refractivity contribution in [1.82, 2.24) is 0 Å². The van der Waals surface area contributed by atoms with Gasteiger partial charge in [-0.3, -0.25) is 9.59 Å². The van der Waals surface area contributed by atoms with Crippen molar-refractivity contribution in [2.24, 2.45) is 22.7 Å². The van der Waals surface area contributed by atoms with Gasteiger partial charge in [0.15, 0.2) is 17.2 Å². The van der Waals surface area contributed by atoms with E-state index < -0.39 is 28.0 Å². The molecule has 5 rings (SSSR count). The van der Waals surface area contributed by atoms with E-state index in [1.807, 2.05) is 32.9 Å². The molecule has 0 aromatic carbocycles. The average molecular weight is 485 g/mol. The van der Waals surface area contributed by atoms with Crippen LogP contribution in [0.3, 0.4) is 0 Å². The molecule has 1 heterocycles. The van der Waals surface area contributed by atoms with Crippen LogP contribution in [0.15, 0.2) is 58.3 Å². The molecule has 0 saturated heterocycles. The van der Waals surface area contributed by atoms with Crippen molar-refractivity contribution >= 4 is 29.1 Å². The second-order valence-electron chi connectivity index (χ2n) is 10.6. The topological polar surface area (TPSA) is 93.8 Å². The molecule has 0 spiro atoms. The molecule has 2 saturated carbocycles. The molecule has 1 aromatic heterocycles. The highest BCUT2D eigenvalue weighted by atomic mass is 35.5. The van der Waals surface area contributed by atoms with E-state index in [0.717, 1.165) is 11.1 Å². The van der Waals surface area contributed by atoms with Gasteiger partial charge >= 0.3 is 5.97 Å². The Bertz CT molecular complexity index is 1160. The summed E-state index contributed by atoms with van der Waals surface area (Å²) in [5.74, 6) is -2.10. The normalized spacial score (nSPS) is 40.6. The fraction of sp³-hybridized carbons (Fsp3) is 0.519. The molecule has 4 aliphatic carbocycles. The van der Waals surface area contributed by atoms with Crippen LogP contribution >= 0.6 is 11.6 Å². The highest BCUT2D eigenvalue weighted by Gasteiger charge is 2.73. The summed E-state index contributed by atoms with van der Waals surface area (Å²) in [7, 11) is 0. The number of aliphatic hydroxyl groups is 1. The maximum Gasteiger partial charge on any atom is 0.375 e. The number of furan rings is 1. The quantitative estimate of drug-likeness (QED) is 0.382. The smallest absolute Gasteiger partial charge is 0.375 e. The first-order valence-corrected chi connectivity index (χ1v) is 12.3. The van der Waals surface area contributed by atoms with Crippen LogP contribution in [0.2, 0.25) is 0 Å². The number of halogens is 1. The minimum atomic E-state index is -1.50. The van der Waals surface area contributed by atoms with Gasteiger partial charge in [0.1, 0.15) is 0 Å². The SMILES string of the molecule is C[C@@H]1CC2[C@](C)(CC=C3[C@@]4(C)C=CC(=O)C=C4CC[C@]32O)[C@@]1(OC(=O)c1ccco1)C(=O)CCl. The van der Waals surface area contributed by atoms with Gasteiger partial charge in [-0.15, -0.1) is 11.6 Å². The molecule has 0 bridgehead atoms. The van der Waals surface area contributed by atoms with Crippen LogP contribution in [-0.4, -0.2) is 39.7 Å². The second-order valence-corrected chi connectivity index (χ2v) is 10.9. The van der Waals surface area contributed by atoms with Gasteiger partial charge in [0.25, 0.3) is 0 Å². The van der Waals surface area contributed by atoms with Gasteiger partial charge in [-0.25, -0.2) is 4.79 Å². The Hall–Kier alpha value is -2.44. The first-order valence-electron chi connectivity index (χ1n) is 11.8. The summed E-state index contributed by atoms with van der Waals surface area (Å²) >= 11 is 6.10. The van der Waals surface area contributed by atoms with Crippen LogP contribution in [0.5, 0.6) is 0 Å². The lowest BCUT2D eigenvalue weighted by molar-refractivity contribution is -0.165. The first-order chi connectivity index (χ1) is 16.0. The number of esters is 1. The lowest BCUT2D eigenvalue weighted by Crippen LogP contribution is -2.63. The Balaban J connectivity index is 1.63. The van der Waals surface area contributed by atoms with Gasteiger partial charge in [-0.1, -0.05) is 31.6 Å². The Labute approximate surface area is 203 Å². The van der Waals surface area contributed by atoms with Gasteiger partial charge < -0.3 is 14.3 Å². The third-order valence-electron chi connectivity index (χ3n) is 9.09. The van der Waals surface area contributed by atoms with E-state index in [-0.39, 0.29) is 35.0 Å². The van der Waals surface area contributed by atoms with E-state index >= 15 is 0 Å². The van der Waals surface area contributed by atoms with Crippen molar-refractivity contribution in [1.29, 1.82) is 0 Å². The zero-order valence-electron chi connectivity index (χ0n) is 19.6. The van der Waals surface area contributed by atoms with Crippen LogP contribution in [0, 0.1) is 22.7 Å². The number of hydrogen-bond donors (Lipinski definition) is 1. The fourth-order valence-corrected chi connectivity index (χ4v) is 7.67. The third kappa shape index (κ3) is 2.81. The number of Topliss-reactive ketones (excluding diaryl/α,β-unsaturated/α-hetero) is 1. The maximum absolute atomic E-state index is 13.5. The van der Waals surface area contributed by atoms with Crippen LogP contribution in [0.4, 0.5) is 0 Å². The van der Waals surface area contributed by atoms with Crippen molar-refractivity contribution < 1.29 is 28.6 Å². The Morgan fingerprint density at radius 2 is 2.09 bits per heavy atom. The minimum Gasteiger partial charge on any atom is -0.457 e. The summed E-state index contributed by atoms with van der Waals surface area (Å²) in [5, 5.41) is 12.3. The van der Waals surface area contributed by atoms with E-state index in [2.05, 4.69) is 0 Å². The average Bonchev–Trinajstić information content (AvgIpc) is 3.41. The number of alkyl halides is 1. The molecule has 6 nitrogen and oxygen atoms in total. The fourth-order valence-electron chi connectivity index (χ4n) is 7.47. The summed E-state index contributed by atoms with van der Waals surface area (Å²) in [6.07, 6.45) is 10.4. The van der Waals surface area contributed by atoms with Crippen LogP contribution in [-0.2, 0) is 14.3 Å². The van der Waals surface area contributed by atoms with Crippen molar-refractivity contribution in [2.75, 3.05) is 5.88 Å². The minimum absolute atomic E-state index is 0.0173. The number of carbonyl (C=O) groups is 3. The van der Waals surface area contributed by atoms with Crippen molar-refractivity contribution in [3.8, 4) is 0 Å². The summed E-state index contributed by atoms with van der Waals surface area (Å²) in [6.45, 7) is 5.86. The van der Waals surface area contributed by atoms with E-state index in [4.69, 9.17) is 20.8 Å². The molecule has 0 radical (unpaired) electrons. The summed E-state index contributed by atoms with van der Waals surface area (Å²) in [4.78, 5) is 38.6. The standard InChI is InChI=1S/C27H29ClO6/c1-16-13-21-25(3,27(16,22(30)15-28)34-23(31)19-5-4-12-33-19)10-8-20-24(2)9-7-18(29)14-17(24)6-11-26(20,21)32/h4-5,7-9,12,14,16,21,32H,6,10-11,13,15H2,1-3H3/t16-,21?,24+,25+,26+,27+/m1/s1. The number of hydrogen-bond acceptors (Lipinski definition) is 6. The molecule has 2 fully saturated rings. The number of fused-ring (bicyclic) bond motifs is 5. The highest BCUT2D eigenvalue weighted by Crippen LogP contribution is 2.68. The molecule has 4 aliphatic rings. The van der Waals surface area contributed by atoms with Crippen molar-refractivity contribution in [2.45, 2.75) is 57.7 Å². The van der Waals surface area contributed by atoms with Gasteiger partial charge in [0, 0.05) is 22.7 Å². The molecule has 1 N–H and O–H groups in total. The molecule has 0 aliphatic heterocycles. The van der Waals surface area contributed by atoms with Crippen molar-refractivity contribution in [3.05, 3.63) is 59.6 Å². The second kappa shape index (κ2) is 7.53. The zero-order chi connectivity index (χ0) is 24.5. The maximum atomic E-state index is 13.5. The molecule has 7 heteroatoms. The first kappa shape index (κ1) is 23.3. The number of allylic oxidation sites excluding steroid dienone is 5. The zero-order valence-corrected chi connectivity index (χ0v) is 20.4. The van der Waals surface area contributed by atoms with E-state index in [0.29, 0.717) is 25.7 Å². The summed E-state index contributed by atoms with van der Waals surface area (Å²) in [5.41, 5.74) is -2.27. The number of ether oxygens (including phenoxy) is 1. The van der Waals surface area contributed by atoms with Gasteiger partial charge in [-0.2, -0.15) is 0 Å². The van der Waals surface area contributed by atoms with E-state index in [1.54, 1.807) is 18.2 Å². The predicted octanol–water partition coefficient (Wildman–Crippen LogP) is 4.57. The van der Waals surface area contributed by atoms with E-state index in [1.165, 1.54) is 12.3 Å². The van der Waals surface area contributed by atoms with Gasteiger partial charge in [0.2, 0.25) is 5.76 Å². The van der Waals surface area contributed by atoms with E-state index in [9.17, 15) is 19.5 Å². The lowest BCUT2D eigenvalue weighted by Gasteiger charge is -2.58. The molecular formula is C27H29ClO6. The molecule has 6 atom stereocenters. The highest BCUT2D eigenvalue weighted by molar-refractivity contribution is 6.29. The molecular weight excluding hydrogens is 456 g/mol. The number of carbonyl (C=O) groups excluding carboxylic acids is 3. The van der Waals surface area contributed by atoms with Crippen LogP contribution in [0.1, 0.15) is 57.0 Å². The van der Waals surface area contributed by atoms with Crippen molar-refractivity contribution in [3.63, 3.8) is 0 Å². The lowest BCUT2D eigenvalue weighted by atomic mass is 9.49. The molecule has 180 valence electrons. The predicted molar refractivity (Wildman–Crippen MR) is 125 cm³/mol. The molecule has 34 heavy (non-hydrogen) atoms. The summed E-state index contributed by atoms with van der Waals surface area (Å²) < 4.78 is 11.3. The molecule has 1 aromatic rings. The van der Waals surface area contributed by atoms with Crippen LogP contribution < -0.4 is 0 Å². The Kier molecular flexibility index (Phi) is 5.16. The molecule has 0 amide bonds. The number of ketones is 2. The third-order valence-corrected chi connectivity index (χ3v) is 9.33. The Morgan fingerprint density at radius 3 is 2.76 bits per heavy atom. The Morgan fingerprint density at radius 1 is 1.32 bits per heavy atom. The summed E-state index contributed by atoms with van der Waals surface area (Å²) in [6, 6.07) is 3.09.